The predicted octanol–water partition coefficient (Wildman–Crippen LogP) is 4.28. The topological polar surface area (TPSA) is 99.6 Å². The molecule has 0 saturated carbocycles. The lowest BCUT2D eigenvalue weighted by Gasteiger charge is -2.43. The van der Waals surface area contributed by atoms with Crippen molar-refractivity contribution in [1.82, 2.24) is 9.80 Å². The Morgan fingerprint density at radius 2 is 1.60 bits per heavy atom. The summed E-state index contributed by atoms with van der Waals surface area (Å²) < 4.78 is 12.7. The summed E-state index contributed by atoms with van der Waals surface area (Å²) in [6.45, 7) is 10.5. The Balaban J connectivity index is 1.51. The van der Waals surface area contributed by atoms with Crippen LogP contribution in [-0.4, -0.2) is 81.7 Å². The van der Waals surface area contributed by atoms with Crippen molar-refractivity contribution in [2.75, 3.05) is 31.2 Å². The van der Waals surface area contributed by atoms with Crippen molar-refractivity contribution in [3.63, 3.8) is 0 Å². The van der Waals surface area contributed by atoms with E-state index in [0.717, 1.165) is 0 Å². The molecule has 0 aliphatic carbocycles. The van der Waals surface area contributed by atoms with Gasteiger partial charge in [0.25, 0.3) is 0 Å². The number of aliphatic hydroxyl groups excluding tert-OH is 1. The third-order valence-corrected chi connectivity index (χ3v) is 9.84. The molecule has 4 aliphatic rings. The van der Waals surface area contributed by atoms with Crippen LogP contribution in [0.15, 0.2) is 78.9 Å². The number of benzene rings is 2. The van der Waals surface area contributed by atoms with Crippen LogP contribution in [0.2, 0.25) is 0 Å². The van der Waals surface area contributed by atoms with E-state index in [1.807, 2.05) is 114 Å². The highest BCUT2D eigenvalue weighted by atomic mass is 16.5. The van der Waals surface area contributed by atoms with Gasteiger partial charge >= 0.3 is 0 Å². The fourth-order valence-electron chi connectivity index (χ4n) is 7.79. The van der Waals surface area contributed by atoms with E-state index >= 15 is 0 Å². The van der Waals surface area contributed by atoms with Gasteiger partial charge in [-0.3, -0.25) is 14.4 Å². The van der Waals surface area contributed by atoms with E-state index < -0.39 is 47.3 Å². The third-order valence-electron chi connectivity index (χ3n) is 9.84. The second-order valence-electron chi connectivity index (χ2n) is 13.3. The highest BCUT2D eigenvalue weighted by Gasteiger charge is 2.76. The first-order valence-electron chi connectivity index (χ1n) is 15.9. The Morgan fingerprint density at radius 3 is 2.22 bits per heavy atom. The summed E-state index contributed by atoms with van der Waals surface area (Å²) >= 11 is 0. The number of rotatable bonds is 7. The average molecular weight is 614 g/mol. The van der Waals surface area contributed by atoms with E-state index in [1.54, 1.807) is 9.80 Å². The van der Waals surface area contributed by atoms with E-state index in [-0.39, 0.29) is 17.7 Å². The zero-order valence-electron chi connectivity index (χ0n) is 26.7. The summed E-state index contributed by atoms with van der Waals surface area (Å²) in [4.78, 5) is 49.5. The molecular weight excluding hydrogens is 570 g/mol. The number of hydrogen-bond donors (Lipinski definition) is 1. The van der Waals surface area contributed by atoms with E-state index in [4.69, 9.17) is 9.47 Å². The fourth-order valence-corrected chi connectivity index (χ4v) is 7.79. The van der Waals surface area contributed by atoms with Gasteiger partial charge in [0, 0.05) is 24.3 Å². The molecule has 1 unspecified atom stereocenters. The van der Waals surface area contributed by atoms with Crippen molar-refractivity contribution in [1.29, 1.82) is 0 Å². The molecule has 4 aliphatic heterocycles. The van der Waals surface area contributed by atoms with Crippen LogP contribution in [-0.2, 0) is 19.1 Å². The maximum atomic E-state index is 15.0. The second-order valence-corrected chi connectivity index (χ2v) is 13.3. The van der Waals surface area contributed by atoms with Crippen LogP contribution in [0.3, 0.4) is 0 Å². The maximum Gasteiger partial charge on any atom is 0.249 e. The van der Waals surface area contributed by atoms with Crippen molar-refractivity contribution in [3.05, 3.63) is 84.5 Å². The molecule has 9 nitrogen and oxygen atoms in total. The van der Waals surface area contributed by atoms with E-state index in [0.29, 0.717) is 43.1 Å². The van der Waals surface area contributed by atoms with Crippen LogP contribution in [0.1, 0.15) is 52.6 Å². The molecule has 238 valence electrons. The van der Waals surface area contributed by atoms with Crippen molar-refractivity contribution in [2.45, 2.75) is 69.9 Å². The van der Waals surface area contributed by atoms with Gasteiger partial charge in [-0.15, -0.1) is 0 Å². The lowest BCUT2D eigenvalue weighted by molar-refractivity contribution is -0.158. The Hall–Kier alpha value is -3.95. The Bertz CT molecular complexity index is 1520. The number of anilines is 1. The number of likely N-dealkylation sites (tertiary alicyclic amines) is 1. The molecule has 1 N–H and O–H groups in total. The molecule has 2 saturated heterocycles. The normalized spacial score (nSPS) is 30.1. The van der Waals surface area contributed by atoms with Gasteiger partial charge in [0.1, 0.15) is 17.4 Å². The first kappa shape index (κ1) is 31.0. The average Bonchev–Trinajstić information content (AvgIpc) is 3.30. The number of carbonyl (C=O) groups excluding carboxylic acids is 3. The first-order chi connectivity index (χ1) is 21.5. The van der Waals surface area contributed by atoms with Crippen molar-refractivity contribution >= 4 is 23.4 Å². The summed E-state index contributed by atoms with van der Waals surface area (Å²) in [5, 5.41) is 10.8. The number of nitrogens with zero attached hydrogens (tertiary/aromatic N) is 3. The van der Waals surface area contributed by atoms with E-state index in [1.165, 1.54) is 4.90 Å². The second kappa shape index (κ2) is 11.4. The molecule has 6 rings (SSSR count). The number of aliphatic hydroxyl groups is 1. The molecule has 3 amide bonds. The minimum atomic E-state index is -1.42. The predicted molar refractivity (Wildman–Crippen MR) is 170 cm³/mol. The summed E-state index contributed by atoms with van der Waals surface area (Å²) in [6, 6.07) is 14.7. The molecule has 9 heteroatoms. The summed E-state index contributed by atoms with van der Waals surface area (Å²) in [7, 11) is 0. The van der Waals surface area contributed by atoms with Gasteiger partial charge in [0.15, 0.2) is 0 Å². The van der Waals surface area contributed by atoms with Crippen molar-refractivity contribution < 1.29 is 29.0 Å². The Labute approximate surface area is 265 Å². The van der Waals surface area contributed by atoms with Gasteiger partial charge in [-0.1, -0.05) is 61.6 Å². The number of fused-ring (bicyclic) bond motifs is 2. The molecule has 1 spiro atoms. The lowest BCUT2D eigenvalue weighted by Crippen LogP contribution is -2.59. The molecule has 2 fully saturated rings. The standard InChI is InChI=1S/C36H43N3O6/c1-6-35-19-11-21-37(25-15-17-26(18-16-25)44-7-2)31(41)28(35)29-32(42)39(27(23-40)24-13-9-8-10-14-24)30-33(43)38(34(3,4)5)22-12-20-36(29,30)45-35/h8-20,27-30,40H,6-7,21-23H2,1-5H3/t27-,28-,29+,30?,35+,36+/m1/s1. The summed E-state index contributed by atoms with van der Waals surface area (Å²) in [6.07, 6.45) is 8.05. The van der Waals surface area contributed by atoms with Gasteiger partial charge in [-0.25, -0.2) is 0 Å². The Morgan fingerprint density at radius 1 is 0.911 bits per heavy atom. The zero-order valence-corrected chi connectivity index (χ0v) is 26.7. The summed E-state index contributed by atoms with van der Waals surface area (Å²) in [5.74, 6) is -2.05. The molecule has 45 heavy (non-hydrogen) atoms. The highest BCUT2D eigenvalue weighted by molar-refractivity contribution is 6.04. The minimum absolute atomic E-state index is 0.236. The van der Waals surface area contributed by atoms with Crippen LogP contribution in [0.5, 0.6) is 5.75 Å². The smallest absolute Gasteiger partial charge is 0.249 e. The van der Waals surface area contributed by atoms with Gasteiger partial charge < -0.3 is 29.3 Å². The molecule has 6 atom stereocenters. The first-order valence-corrected chi connectivity index (χ1v) is 15.9. The quantitative estimate of drug-likeness (QED) is 0.468. The van der Waals surface area contributed by atoms with Gasteiger partial charge in [-0.05, 0) is 63.9 Å². The summed E-state index contributed by atoms with van der Waals surface area (Å²) in [5.41, 5.74) is -1.68. The monoisotopic (exact) mass is 613 g/mol. The number of ether oxygens (including phenoxy) is 2. The maximum absolute atomic E-state index is 15.0. The SMILES string of the molecule is CCOc1ccc(N2CC=C[C@]3(CC)O[C@]45C=CCN(C(C)(C)C)C(=O)C4N([C@H](CO)c4ccccc4)C(=O)[C@@H]5[C@@H]3C2=O)cc1. The molecule has 4 heterocycles. The number of carbonyl (C=O) groups is 3. The molecule has 0 aromatic heterocycles. The minimum Gasteiger partial charge on any atom is -0.494 e. The van der Waals surface area contributed by atoms with Crippen LogP contribution in [0.25, 0.3) is 0 Å². The molecular formula is C36H43N3O6. The third kappa shape index (κ3) is 4.79. The fraction of sp³-hybridized carbons (Fsp3) is 0.472. The molecule has 2 aromatic rings. The van der Waals surface area contributed by atoms with Crippen LogP contribution in [0.4, 0.5) is 5.69 Å². The van der Waals surface area contributed by atoms with E-state index in [2.05, 4.69) is 0 Å². The largest absolute Gasteiger partial charge is 0.494 e. The highest BCUT2D eigenvalue weighted by Crippen LogP contribution is 2.60. The van der Waals surface area contributed by atoms with Crippen LogP contribution < -0.4 is 9.64 Å². The van der Waals surface area contributed by atoms with E-state index in [9.17, 15) is 19.5 Å². The molecule has 0 bridgehead atoms. The van der Waals surface area contributed by atoms with Crippen molar-refractivity contribution in [3.8, 4) is 5.75 Å². The van der Waals surface area contributed by atoms with Gasteiger partial charge in [0.2, 0.25) is 17.7 Å². The van der Waals surface area contributed by atoms with Crippen LogP contribution in [0, 0.1) is 11.8 Å². The molecule has 2 aromatic carbocycles. The molecule has 0 radical (unpaired) electrons. The van der Waals surface area contributed by atoms with Gasteiger partial charge in [0.05, 0.1) is 36.7 Å². The Kier molecular flexibility index (Phi) is 7.90. The number of hydrogen-bond acceptors (Lipinski definition) is 6. The van der Waals surface area contributed by atoms with Crippen molar-refractivity contribution in [2.24, 2.45) is 11.8 Å². The van der Waals surface area contributed by atoms with Crippen LogP contribution >= 0.6 is 0 Å². The number of amides is 3. The lowest BCUT2D eigenvalue weighted by atomic mass is 9.73. The zero-order chi connectivity index (χ0) is 32.1. The van der Waals surface area contributed by atoms with Gasteiger partial charge in [-0.2, -0.15) is 0 Å².